The smallest absolute Gasteiger partial charge is 0.242 e. The van der Waals surface area contributed by atoms with Gasteiger partial charge >= 0.3 is 0 Å². The summed E-state index contributed by atoms with van der Waals surface area (Å²) in [5.41, 5.74) is 0.878. The number of amides is 2. The highest BCUT2D eigenvalue weighted by Gasteiger charge is 2.26. The number of pyridine rings is 1. The molecule has 0 aliphatic carbocycles. The number of rotatable bonds is 5. The third-order valence-electron chi connectivity index (χ3n) is 3.54. The van der Waals surface area contributed by atoms with Crippen molar-refractivity contribution in [2.24, 2.45) is 0 Å². The summed E-state index contributed by atoms with van der Waals surface area (Å²) in [6.07, 6.45) is 2.59. The predicted molar refractivity (Wildman–Crippen MR) is 83.8 cm³/mol. The number of ether oxygens (including phenoxy) is 1. The molecule has 1 aromatic carbocycles. The number of hydrogen-bond donors (Lipinski definition) is 2. The third kappa shape index (κ3) is 4.06. The van der Waals surface area contributed by atoms with Crippen LogP contribution in [0.5, 0.6) is 11.6 Å². The lowest BCUT2D eigenvalue weighted by atomic mass is 10.2. The van der Waals surface area contributed by atoms with Crippen molar-refractivity contribution in [2.75, 3.05) is 0 Å². The van der Waals surface area contributed by atoms with E-state index in [4.69, 9.17) is 4.74 Å². The van der Waals surface area contributed by atoms with E-state index in [0.29, 0.717) is 31.0 Å². The fourth-order valence-corrected chi connectivity index (χ4v) is 2.35. The van der Waals surface area contributed by atoms with Crippen LogP contribution in [-0.4, -0.2) is 22.8 Å². The quantitative estimate of drug-likeness (QED) is 0.882. The largest absolute Gasteiger partial charge is 0.439 e. The lowest BCUT2D eigenvalue weighted by Gasteiger charge is -2.11. The van der Waals surface area contributed by atoms with Gasteiger partial charge in [-0.1, -0.05) is 18.2 Å². The Hall–Kier alpha value is -2.89. The van der Waals surface area contributed by atoms with Gasteiger partial charge in [0.25, 0.3) is 0 Å². The Kier molecular flexibility index (Phi) is 4.52. The molecule has 2 amide bonds. The van der Waals surface area contributed by atoms with Crippen LogP contribution in [-0.2, 0) is 16.1 Å². The lowest BCUT2D eigenvalue weighted by Crippen LogP contribution is -2.41. The molecule has 118 valence electrons. The van der Waals surface area contributed by atoms with E-state index in [1.54, 1.807) is 12.3 Å². The molecule has 2 heterocycles. The second-order valence-electron chi connectivity index (χ2n) is 5.29. The Morgan fingerprint density at radius 1 is 1.30 bits per heavy atom. The van der Waals surface area contributed by atoms with Crippen molar-refractivity contribution in [1.82, 2.24) is 15.6 Å². The molecule has 3 rings (SSSR count). The van der Waals surface area contributed by atoms with Gasteiger partial charge in [0.2, 0.25) is 17.7 Å². The molecule has 1 fully saturated rings. The number of para-hydroxylation sites is 1. The molecule has 1 saturated heterocycles. The van der Waals surface area contributed by atoms with Crippen molar-refractivity contribution in [3.05, 3.63) is 54.2 Å². The SMILES string of the molecule is O=C1CC[C@@H](C(=O)NCc2ccnc(Oc3ccccc3)c2)N1. The summed E-state index contributed by atoms with van der Waals surface area (Å²) in [4.78, 5) is 27.3. The van der Waals surface area contributed by atoms with Gasteiger partial charge in [-0.25, -0.2) is 4.98 Å². The second kappa shape index (κ2) is 6.91. The minimum Gasteiger partial charge on any atom is -0.439 e. The van der Waals surface area contributed by atoms with Gasteiger partial charge in [0.15, 0.2) is 0 Å². The molecule has 0 unspecified atom stereocenters. The number of hydrogen-bond acceptors (Lipinski definition) is 4. The zero-order valence-corrected chi connectivity index (χ0v) is 12.5. The van der Waals surface area contributed by atoms with Gasteiger partial charge in [0.1, 0.15) is 11.8 Å². The molecule has 0 radical (unpaired) electrons. The van der Waals surface area contributed by atoms with Crippen LogP contribution in [0.25, 0.3) is 0 Å². The maximum absolute atomic E-state index is 12.0. The molecule has 1 aliphatic heterocycles. The fraction of sp³-hybridized carbons (Fsp3) is 0.235. The summed E-state index contributed by atoms with van der Waals surface area (Å²) >= 11 is 0. The summed E-state index contributed by atoms with van der Waals surface area (Å²) in [6.45, 7) is 0.360. The summed E-state index contributed by atoms with van der Waals surface area (Å²) in [5, 5.41) is 5.46. The average molecular weight is 311 g/mol. The van der Waals surface area contributed by atoms with Crippen LogP contribution in [0.2, 0.25) is 0 Å². The first-order valence-corrected chi connectivity index (χ1v) is 7.45. The van der Waals surface area contributed by atoms with Gasteiger partial charge in [-0.2, -0.15) is 0 Å². The second-order valence-corrected chi connectivity index (χ2v) is 5.29. The van der Waals surface area contributed by atoms with Crippen LogP contribution in [0, 0.1) is 0 Å². The molecule has 23 heavy (non-hydrogen) atoms. The molecule has 6 heteroatoms. The van der Waals surface area contributed by atoms with Crippen LogP contribution in [0.15, 0.2) is 48.7 Å². The van der Waals surface area contributed by atoms with Crippen molar-refractivity contribution in [2.45, 2.75) is 25.4 Å². The molecule has 0 saturated carbocycles. The van der Waals surface area contributed by atoms with Crippen LogP contribution in [0.3, 0.4) is 0 Å². The first kappa shape index (κ1) is 15.0. The van der Waals surface area contributed by atoms with Crippen LogP contribution >= 0.6 is 0 Å². The van der Waals surface area contributed by atoms with Crippen LogP contribution in [0.1, 0.15) is 18.4 Å². The van der Waals surface area contributed by atoms with Crippen molar-refractivity contribution in [3.63, 3.8) is 0 Å². The average Bonchev–Trinajstić information content (AvgIpc) is 3.01. The number of carbonyl (C=O) groups excluding carboxylic acids is 2. The van der Waals surface area contributed by atoms with E-state index in [9.17, 15) is 9.59 Å². The molecule has 2 aromatic rings. The highest BCUT2D eigenvalue weighted by molar-refractivity contribution is 5.90. The summed E-state index contributed by atoms with van der Waals surface area (Å²) in [6, 6.07) is 12.5. The topological polar surface area (TPSA) is 80.3 Å². The number of benzene rings is 1. The molecule has 1 aromatic heterocycles. The van der Waals surface area contributed by atoms with Gasteiger partial charge in [0, 0.05) is 25.2 Å². The Labute approximate surface area is 133 Å². The van der Waals surface area contributed by atoms with E-state index in [1.807, 2.05) is 36.4 Å². The number of nitrogens with one attached hydrogen (secondary N) is 2. The Morgan fingerprint density at radius 2 is 2.13 bits per heavy atom. The minimum atomic E-state index is -0.427. The Balaban J connectivity index is 1.57. The fourth-order valence-electron chi connectivity index (χ4n) is 2.35. The van der Waals surface area contributed by atoms with Gasteiger partial charge in [0.05, 0.1) is 0 Å². The van der Waals surface area contributed by atoms with E-state index >= 15 is 0 Å². The molecule has 1 aliphatic rings. The lowest BCUT2D eigenvalue weighted by molar-refractivity contribution is -0.125. The van der Waals surface area contributed by atoms with E-state index in [0.717, 1.165) is 5.56 Å². The van der Waals surface area contributed by atoms with Gasteiger partial charge < -0.3 is 15.4 Å². The number of carbonyl (C=O) groups is 2. The predicted octanol–water partition coefficient (Wildman–Crippen LogP) is 1.77. The van der Waals surface area contributed by atoms with Gasteiger partial charge in [-0.05, 0) is 30.2 Å². The summed E-state index contributed by atoms with van der Waals surface area (Å²) in [5.74, 6) is 0.928. The molecule has 2 N–H and O–H groups in total. The number of nitrogens with zero attached hydrogens (tertiary/aromatic N) is 1. The van der Waals surface area contributed by atoms with Crippen molar-refractivity contribution < 1.29 is 14.3 Å². The first-order valence-electron chi connectivity index (χ1n) is 7.45. The van der Waals surface area contributed by atoms with Gasteiger partial charge in [-0.3, -0.25) is 9.59 Å². The maximum atomic E-state index is 12.0. The Morgan fingerprint density at radius 3 is 2.87 bits per heavy atom. The van der Waals surface area contributed by atoms with Gasteiger partial charge in [-0.15, -0.1) is 0 Å². The van der Waals surface area contributed by atoms with Crippen LogP contribution in [0.4, 0.5) is 0 Å². The number of aromatic nitrogens is 1. The van der Waals surface area contributed by atoms with Crippen molar-refractivity contribution in [3.8, 4) is 11.6 Å². The maximum Gasteiger partial charge on any atom is 0.242 e. The summed E-state index contributed by atoms with van der Waals surface area (Å²) < 4.78 is 5.66. The van der Waals surface area contributed by atoms with E-state index in [-0.39, 0.29) is 11.8 Å². The zero-order chi connectivity index (χ0) is 16.1. The normalized spacial score (nSPS) is 16.7. The van der Waals surface area contributed by atoms with Crippen molar-refractivity contribution in [1.29, 1.82) is 0 Å². The van der Waals surface area contributed by atoms with E-state index in [1.165, 1.54) is 0 Å². The highest BCUT2D eigenvalue weighted by Crippen LogP contribution is 2.19. The van der Waals surface area contributed by atoms with Crippen LogP contribution < -0.4 is 15.4 Å². The minimum absolute atomic E-state index is 0.0763. The van der Waals surface area contributed by atoms with E-state index < -0.39 is 6.04 Å². The highest BCUT2D eigenvalue weighted by atomic mass is 16.5. The molecular weight excluding hydrogens is 294 g/mol. The molecule has 0 bridgehead atoms. The molecular formula is C17H17N3O3. The molecule has 0 spiro atoms. The monoisotopic (exact) mass is 311 g/mol. The first-order chi connectivity index (χ1) is 11.2. The third-order valence-corrected chi connectivity index (χ3v) is 3.54. The standard InChI is InChI=1S/C17H17N3O3/c21-15-7-6-14(20-15)17(22)19-11-12-8-9-18-16(10-12)23-13-4-2-1-3-5-13/h1-5,8-10,14H,6-7,11H2,(H,19,22)(H,20,21)/t14-/m0/s1. The van der Waals surface area contributed by atoms with Crippen molar-refractivity contribution >= 4 is 11.8 Å². The van der Waals surface area contributed by atoms with E-state index in [2.05, 4.69) is 15.6 Å². The summed E-state index contributed by atoms with van der Waals surface area (Å²) in [7, 11) is 0. The molecule has 6 nitrogen and oxygen atoms in total. The molecule has 1 atom stereocenters. The Bertz CT molecular complexity index is 703. The zero-order valence-electron chi connectivity index (χ0n) is 12.5.